The molecule has 3 rings (SSSR count). The first-order chi connectivity index (χ1) is 11.2. The number of benzene rings is 2. The molecule has 1 atom stereocenters. The molecule has 2 aromatic carbocycles. The second-order valence-corrected chi connectivity index (χ2v) is 5.62. The van der Waals surface area contributed by atoms with Crippen LogP contribution >= 0.6 is 0 Å². The van der Waals surface area contributed by atoms with Crippen molar-refractivity contribution in [1.29, 1.82) is 0 Å². The zero-order valence-corrected chi connectivity index (χ0v) is 13.6. The van der Waals surface area contributed by atoms with Crippen LogP contribution in [0.4, 0.5) is 6.01 Å². The molecular formula is C18H21N3O2. The Balaban J connectivity index is 1.76. The molecule has 0 fully saturated rings. The Morgan fingerprint density at radius 3 is 2.74 bits per heavy atom. The van der Waals surface area contributed by atoms with E-state index in [1.54, 1.807) is 7.11 Å². The Hall–Kier alpha value is -2.53. The van der Waals surface area contributed by atoms with E-state index in [1.165, 1.54) is 5.56 Å². The van der Waals surface area contributed by atoms with Crippen molar-refractivity contribution in [1.82, 2.24) is 9.88 Å². The van der Waals surface area contributed by atoms with E-state index in [9.17, 15) is 0 Å². The predicted molar refractivity (Wildman–Crippen MR) is 91.9 cm³/mol. The number of anilines is 1. The number of methoxy groups -OCH3 is 1. The lowest BCUT2D eigenvalue weighted by molar-refractivity contribution is 0.309. The van der Waals surface area contributed by atoms with Crippen molar-refractivity contribution in [2.75, 3.05) is 33.1 Å². The highest BCUT2D eigenvalue weighted by Gasteiger charge is 2.16. The van der Waals surface area contributed by atoms with Crippen LogP contribution in [0.5, 0.6) is 5.75 Å². The van der Waals surface area contributed by atoms with Crippen LogP contribution in [-0.2, 0) is 0 Å². The van der Waals surface area contributed by atoms with Crippen LogP contribution in [0.2, 0.25) is 0 Å². The van der Waals surface area contributed by atoms with Crippen LogP contribution in [0.3, 0.4) is 0 Å². The van der Waals surface area contributed by atoms with Gasteiger partial charge < -0.3 is 19.4 Å². The second-order valence-electron chi connectivity index (χ2n) is 5.62. The van der Waals surface area contributed by atoms with E-state index in [1.807, 2.05) is 36.4 Å². The average Bonchev–Trinajstić information content (AvgIpc) is 2.97. The van der Waals surface area contributed by atoms with E-state index < -0.39 is 0 Å². The molecule has 0 bridgehead atoms. The molecule has 3 aromatic rings. The molecule has 5 heteroatoms. The molecule has 0 saturated heterocycles. The van der Waals surface area contributed by atoms with Gasteiger partial charge in [-0.3, -0.25) is 0 Å². The van der Waals surface area contributed by atoms with Gasteiger partial charge in [-0.1, -0.05) is 24.3 Å². The number of ether oxygens (including phenoxy) is 1. The SMILES string of the molecule is COc1cccc(C(CNc2nc3ccccc3o2)N(C)C)c1. The Morgan fingerprint density at radius 1 is 1.17 bits per heavy atom. The van der Waals surface area contributed by atoms with E-state index in [-0.39, 0.29) is 6.04 Å². The van der Waals surface area contributed by atoms with Crippen LogP contribution in [0.15, 0.2) is 52.9 Å². The lowest BCUT2D eigenvalue weighted by Gasteiger charge is -2.25. The third-order valence-electron chi connectivity index (χ3n) is 3.84. The Bertz CT molecular complexity index is 750. The Labute approximate surface area is 135 Å². The van der Waals surface area contributed by atoms with Gasteiger partial charge in [0.15, 0.2) is 5.58 Å². The standard InChI is InChI=1S/C18H21N3O2/c1-21(2)16(13-7-6-8-14(11-13)22-3)12-19-18-20-15-9-4-5-10-17(15)23-18/h4-11,16H,12H2,1-3H3,(H,19,20). The molecule has 1 aromatic heterocycles. The molecule has 23 heavy (non-hydrogen) atoms. The van der Waals surface area contributed by atoms with Crippen molar-refractivity contribution in [2.45, 2.75) is 6.04 Å². The fourth-order valence-electron chi connectivity index (χ4n) is 2.58. The summed E-state index contributed by atoms with van der Waals surface area (Å²) in [5.74, 6) is 0.858. The van der Waals surface area contributed by atoms with Crippen molar-refractivity contribution < 1.29 is 9.15 Å². The highest BCUT2D eigenvalue weighted by molar-refractivity contribution is 5.74. The third-order valence-corrected chi connectivity index (χ3v) is 3.84. The number of aromatic nitrogens is 1. The van der Waals surface area contributed by atoms with Gasteiger partial charge in [-0.25, -0.2) is 0 Å². The number of para-hydroxylation sites is 2. The molecule has 5 nitrogen and oxygen atoms in total. The van der Waals surface area contributed by atoms with Crippen molar-refractivity contribution in [3.05, 3.63) is 54.1 Å². The quantitative estimate of drug-likeness (QED) is 0.754. The van der Waals surface area contributed by atoms with Crippen LogP contribution < -0.4 is 10.1 Å². The number of nitrogens with zero attached hydrogens (tertiary/aromatic N) is 2. The number of likely N-dealkylation sites (N-methyl/N-ethyl adjacent to an activating group) is 1. The summed E-state index contributed by atoms with van der Waals surface area (Å²) in [4.78, 5) is 6.61. The molecule has 0 aliphatic heterocycles. The summed E-state index contributed by atoms with van der Waals surface area (Å²) in [7, 11) is 5.79. The largest absolute Gasteiger partial charge is 0.497 e. The van der Waals surface area contributed by atoms with E-state index in [4.69, 9.17) is 9.15 Å². The first-order valence-electron chi connectivity index (χ1n) is 7.57. The van der Waals surface area contributed by atoms with E-state index >= 15 is 0 Å². The summed E-state index contributed by atoms with van der Waals surface area (Å²) < 4.78 is 11.0. The number of oxazole rings is 1. The topological polar surface area (TPSA) is 50.5 Å². The Kier molecular flexibility index (Phi) is 4.48. The third kappa shape index (κ3) is 3.46. The first-order valence-corrected chi connectivity index (χ1v) is 7.57. The van der Waals surface area contributed by atoms with Gasteiger partial charge in [-0.05, 0) is 43.9 Å². The number of hydrogen-bond donors (Lipinski definition) is 1. The van der Waals surface area contributed by atoms with E-state index in [0.717, 1.165) is 16.8 Å². The zero-order chi connectivity index (χ0) is 16.2. The highest BCUT2D eigenvalue weighted by Crippen LogP contribution is 2.24. The summed E-state index contributed by atoms with van der Waals surface area (Å²) in [6.45, 7) is 0.687. The molecule has 1 heterocycles. The van der Waals surface area contributed by atoms with Crippen molar-refractivity contribution >= 4 is 17.1 Å². The van der Waals surface area contributed by atoms with Gasteiger partial charge in [0.2, 0.25) is 0 Å². The maximum absolute atomic E-state index is 5.71. The summed E-state index contributed by atoms with van der Waals surface area (Å²) in [5.41, 5.74) is 2.83. The minimum Gasteiger partial charge on any atom is -0.497 e. The second kappa shape index (κ2) is 6.71. The van der Waals surface area contributed by atoms with E-state index in [2.05, 4.69) is 41.4 Å². The van der Waals surface area contributed by atoms with Crippen LogP contribution in [0, 0.1) is 0 Å². The molecule has 0 aliphatic rings. The van der Waals surface area contributed by atoms with Crippen molar-refractivity contribution in [3.8, 4) is 5.75 Å². The van der Waals surface area contributed by atoms with Crippen LogP contribution in [0.1, 0.15) is 11.6 Å². The number of nitrogens with one attached hydrogen (secondary N) is 1. The van der Waals surface area contributed by atoms with Gasteiger partial charge >= 0.3 is 0 Å². The lowest BCUT2D eigenvalue weighted by atomic mass is 10.1. The minimum absolute atomic E-state index is 0.181. The average molecular weight is 311 g/mol. The van der Waals surface area contributed by atoms with Crippen LogP contribution in [0.25, 0.3) is 11.1 Å². The van der Waals surface area contributed by atoms with Gasteiger partial charge in [0.25, 0.3) is 6.01 Å². The van der Waals surface area contributed by atoms with Gasteiger partial charge in [0, 0.05) is 6.54 Å². The fraction of sp³-hybridized carbons (Fsp3) is 0.278. The zero-order valence-electron chi connectivity index (χ0n) is 13.6. The summed E-state index contributed by atoms with van der Waals surface area (Å²) in [5, 5.41) is 3.29. The van der Waals surface area contributed by atoms with Gasteiger partial charge in [0.05, 0.1) is 13.2 Å². The fourth-order valence-corrected chi connectivity index (χ4v) is 2.58. The monoisotopic (exact) mass is 311 g/mol. The summed E-state index contributed by atoms with van der Waals surface area (Å²) in [6.07, 6.45) is 0. The highest BCUT2D eigenvalue weighted by atomic mass is 16.5. The van der Waals surface area contributed by atoms with Gasteiger partial charge in [0.1, 0.15) is 11.3 Å². The summed E-state index contributed by atoms with van der Waals surface area (Å²) >= 11 is 0. The van der Waals surface area contributed by atoms with Gasteiger partial charge in [-0.2, -0.15) is 4.98 Å². The number of hydrogen-bond acceptors (Lipinski definition) is 5. The number of fused-ring (bicyclic) bond motifs is 1. The smallest absolute Gasteiger partial charge is 0.295 e. The summed E-state index contributed by atoms with van der Waals surface area (Å²) in [6, 6.07) is 16.6. The predicted octanol–water partition coefficient (Wildman–Crippen LogP) is 3.55. The molecule has 1 unspecified atom stereocenters. The molecule has 0 aliphatic carbocycles. The van der Waals surface area contributed by atoms with Gasteiger partial charge in [-0.15, -0.1) is 0 Å². The lowest BCUT2D eigenvalue weighted by Crippen LogP contribution is -2.26. The normalized spacial score (nSPS) is 12.5. The molecule has 0 saturated carbocycles. The van der Waals surface area contributed by atoms with Crippen LogP contribution in [-0.4, -0.2) is 37.6 Å². The molecule has 1 N–H and O–H groups in total. The number of rotatable bonds is 6. The van der Waals surface area contributed by atoms with Crippen molar-refractivity contribution in [2.24, 2.45) is 0 Å². The van der Waals surface area contributed by atoms with E-state index in [0.29, 0.717) is 12.6 Å². The maximum Gasteiger partial charge on any atom is 0.295 e. The molecule has 0 radical (unpaired) electrons. The molecule has 0 amide bonds. The molecular weight excluding hydrogens is 290 g/mol. The minimum atomic E-state index is 0.181. The Morgan fingerprint density at radius 2 is 2.00 bits per heavy atom. The maximum atomic E-state index is 5.71. The first kappa shape index (κ1) is 15.4. The molecule has 0 spiro atoms. The van der Waals surface area contributed by atoms with Crippen molar-refractivity contribution in [3.63, 3.8) is 0 Å². The molecule has 120 valence electrons.